The van der Waals surface area contributed by atoms with E-state index in [0.29, 0.717) is 5.92 Å². The molecule has 0 bridgehead atoms. The molecule has 0 fully saturated rings. The van der Waals surface area contributed by atoms with Gasteiger partial charge >= 0.3 is 0 Å². The molecule has 1 aliphatic carbocycles. The van der Waals surface area contributed by atoms with Gasteiger partial charge in [-0.1, -0.05) is 12.2 Å². The predicted molar refractivity (Wildman–Crippen MR) is 27.5 cm³/mol. The summed E-state index contributed by atoms with van der Waals surface area (Å²) in [6.45, 7) is 0. The Labute approximate surface area is 43.3 Å². The summed E-state index contributed by atoms with van der Waals surface area (Å²) in [5.41, 5.74) is 0. The molecule has 0 amide bonds. The summed E-state index contributed by atoms with van der Waals surface area (Å²) < 4.78 is 0. The number of hydrogen-bond acceptors (Lipinski definition) is 1. The third-order valence-electron chi connectivity index (χ3n) is 1.19. The molecule has 0 spiro atoms. The molecule has 0 aromatic heterocycles. The van der Waals surface area contributed by atoms with Crippen molar-refractivity contribution in [3.05, 3.63) is 12.2 Å². The molecule has 0 heterocycles. The predicted octanol–water partition coefficient (Wildman–Crippen LogP) is 1.48. The van der Waals surface area contributed by atoms with Crippen LogP contribution in [-0.2, 0) is 0 Å². The fraction of sp³-hybridized carbons (Fsp3) is 0.500. The SMILES string of the molecule is N#CC1CC=CC1. The molecule has 1 rings (SSSR count). The van der Waals surface area contributed by atoms with Crippen LogP contribution in [0.4, 0.5) is 0 Å². The zero-order chi connectivity index (χ0) is 5.11. The Bertz CT molecular complexity index is 111. The topological polar surface area (TPSA) is 23.8 Å². The number of rotatable bonds is 0. The van der Waals surface area contributed by atoms with Crippen LogP contribution in [0.25, 0.3) is 0 Å². The van der Waals surface area contributed by atoms with Crippen molar-refractivity contribution in [3.8, 4) is 6.07 Å². The average molecular weight is 93.1 g/mol. The maximum atomic E-state index is 8.28. The molecular weight excluding hydrogens is 86.1 g/mol. The van der Waals surface area contributed by atoms with E-state index in [2.05, 4.69) is 18.2 Å². The summed E-state index contributed by atoms with van der Waals surface area (Å²) in [5, 5.41) is 8.28. The van der Waals surface area contributed by atoms with Crippen molar-refractivity contribution in [3.63, 3.8) is 0 Å². The van der Waals surface area contributed by atoms with Gasteiger partial charge in [0, 0.05) is 0 Å². The Balaban J connectivity index is 2.39. The molecule has 36 valence electrons. The van der Waals surface area contributed by atoms with Crippen LogP contribution in [0.15, 0.2) is 12.2 Å². The monoisotopic (exact) mass is 93.1 g/mol. The van der Waals surface area contributed by atoms with E-state index in [-0.39, 0.29) is 0 Å². The lowest BCUT2D eigenvalue weighted by molar-refractivity contribution is 0.732. The lowest BCUT2D eigenvalue weighted by atomic mass is 10.1. The molecule has 0 radical (unpaired) electrons. The minimum absolute atomic E-state index is 0.292. The molecule has 0 saturated carbocycles. The fourth-order valence-electron chi connectivity index (χ4n) is 0.723. The Kier molecular flexibility index (Phi) is 1.12. The lowest BCUT2D eigenvalue weighted by Crippen LogP contribution is -1.84. The van der Waals surface area contributed by atoms with Crippen LogP contribution in [0.5, 0.6) is 0 Å². The molecular formula is C6H7N. The van der Waals surface area contributed by atoms with Gasteiger partial charge in [0.1, 0.15) is 0 Å². The molecule has 0 aromatic carbocycles. The summed E-state index contributed by atoms with van der Waals surface area (Å²) in [5.74, 6) is 0.292. The van der Waals surface area contributed by atoms with Gasteiger partial charge < -0.3 is 0 Å². The zero-order valence-corrected chi connectivity index (χ0v) is 4.09. The van der Waals surface area contributed by atoms with E-state index in [1.807, 2.05) is 0 Å². The van der Waals surface area contributed by atoms with Gasteiger partial charge in [0.2, 0.25) is 0 Å². The van der Waals surface area contributed by atoms with Gasteiger partial charge in [0.15, 0.2) is 0 Å². The maximum Gasteiger partial charge on any atom is 0.0662 e. The van der Waals surface area contributed by atoms with E-state index in [9.17, 15) is 0 Å². The van der Waals surface area contributed by atoms with Crippen LogP contribution in [-0.4, -0.2) is 0 Å². The first-order chi connectivity index (χ1) is 3.43. The Morgan fingerprint density at radius 1 is 1.43 bits per heavy atom. The first-order valence-electron chi connectivity index (χ1n) is 2.48. The van der Waals surface area contributed by atoms with Crippen LogP contribution in [0.2, 0.25) is 0 Å². The molecule has 0 aliphatic heterocycles. The third kappa shape index (κ3) is 0.806. The van der Waals surface area contributed by atoms with Crippen molar-refractivity contribution in [1.29, 1.82) is 5.26 Å². The summed E-state index contributed by atoms with van der Waals surface area (Å²) in [6, 6.07) is 2.20. The second-order valence-corrected chi connectivity index (χ2v) is 1.77. The van der Waals surface area contributed by atoms with Crippen molar-refractivity contribution >= 4 is 0 Å². The Hall–Kier alpha value is -0.770. The van der Waals surface area contributed by atoms with Crippen LogP contribution in [0.3, 0.4) is 0 Å². The van der Waals surface area contributed by atoms with Crippen molar-refractivity contribution in [2.24, 2.45) is 5.92 Å². The molecule has 1 nitrogen and oxygen atoms in total. The van der Waals surface area contributed by atoms with Crippen LogP contribution >= 0.6 is 0 Å². The van der Waals surface area contributed by atoms with Crippen molar-refractivity contribution < 1.29 is 0 Å². The van der Waals surface area contributed by atoms with Crippen LogP contribution in [0, 0.1) is 17.2 Å². The van der Waals surface area contributed by atoms with Crippen molar-refractivity contribution in [2.75, 3.05) is 0 Å². The van der Waals surface area contributed by atoms with Crippen LogP contribution < -0.4 is 0 Å². The largest absolute Gasteiger partial charge is 0.198 e. The zero-order valence-electron chi connectivity index (χ0n) is 4.09. The fourth-order valence-corrected chi connectivity index (χ4v) is 0.723. The smallest absolute Gasteiger partial charge is 0.0662 e. The molecule has 0 atom stereocenters. The van der Waals surface area contributed by atoms with E-state index in [1.54, 1.807) is 0 Å². The standard InChI is InChI=1S/C6H7N/c7-5-6-3-1-2-4-6/h1-2,6H,3-4H2. The van der Waals surface area contributed by atoms with E-state index in [0.717, 1.165) is 12.8 Å². The van der Waals surface area contributed by atoms with Gasteiger partial charge in [-0.2, -0.15) is 5.26 Å². The van der Waals surface area contributed by atoms with Crippen molar-refractivity contribution in [1.82, 2.24) is 0 Å². The normalized spacial score (nSPS) is 19.9. The molecule has 7 heavy (non-hydrogen) atoms. The molecule has 1 aliphatic rings. The minimum atomic E-state index is 0.292. The highest BCUT2D eigenvalue weighted by Crippen LogP contribution is 2.15. The number of allylic oxidation sites excluding steroid dienone is 2. The van der Waals surface area contributed by atoms with Gasteiger partial charge in [-0.05, 0) is 12.8 Å². The van der Waals surface area contributed by atoms with E-state index >= 15 is 0 Å². The maximum absolute atomic E-state index is 8.28. The highest BCUT2D eigenvalue weighted by atomic mass is 14.3. The van der Waals surface area contributed by atoms with Crippen molar-refractivity contribution in [2.45, 2.75) is 12.8 Å². The van der Waals surface area contributed by atoms with Gasteiger partial charge in [-0.25, -0.2) is 0 Å². The average Bonchev–Trinajstić information content (AvgIpc) is 2.14. The van der Waals surface area contributed by atoms with E-state index in [4.69, 9.17) is 5.26 Å². The molecule has 1 heteroatoms. The molecule has 0 unspecified atom stereocenters. The summed E-state index contributed by atoms with van der Waals surface area (Å²) in [6.07, 6.45) is 6.06. The Morgan fingerprint density at radius 3 is 2.29 bits per heavy atom. The van der Waals surface area contributed by atoms with Gasteiger partial charge in [0.05, 0.1) is 12.0 Å². The quantitative estimate of drug-likeness (QED) is 0.416. The summed E-state index contributed by atoms with van der Waals surface area (Å²) >= 11 is 0. The number of nitriles is 1. The highest BCUT2D eigenvalue weighted by Gasteiger charge is 2.06. The summed E-state index contributed by atoms with van der Waals surface area (Å²) in [4.78, 5) is 0. The molecule has 0 aromatic rings. The third-order valence-corrected chi connectivity index (χ3v) is 1.19. The van der Waals surface area contributed by atoms with Crippen LogP contribution in [0.1, 0.15) is 12.8 Å². The lowest BCUT2D eigenvalue weighted by Gasteiger charge is -1.88. The highest BCUT2D eigenvalue weighted by molar-refractivity contribution is 5.02. The number of hydrogen-bond donors (Lipinski definition) is 0. The number of nitrogens with zero attached hydrogens (tertiary/aromatic N) is 1. The minimum Gasteiger partial charge on any atom is -0.198 e. The second-order valence-electron chi connectivity index (χ2n) is 1.77. The second kappa shape index (κ2) is 1.79. The first-order valence-corrected chi connectivity index (χ1v) is 2.48. The first kappa shape index (κ1) is 4.39. The van der Waals surface area contributed by atoms with E-state index in [1.165, 1.54) is 0 Å². The Morgan fingerprint density at radius 2 is 2.00 bits per heavy atom. The molecule has 0 saturated heterocycles. The molecule has 0 N–H and O–H groups in total. The van der Waals surface area contributed by atoms with Gasteiger partial charge in [-0.15, -0.1) is 0 Å². The van der Waals surface area contributed by atoms with E-state index < -0.39 is 0 Å². The summed E-state index contributed by atoms with van der Waals surface area (Å²) in [7, 11) is 0. The van der Waals surface area contributed by atoms with Gasteiger partial charge in [-0.3, -0.25) is 0 Å². The van der Waals surface area contributed by atoms with Gasteiger partial charge in [0.25, 0.3) is 0 Å².